The van der Waals surface area contributed by atoms with E-state index in [0.29, 0.717) is 25.1 Å². The zero-order chi connectivity index (χ0) is 21.4. The Bertz CT molecular complexity index is 835. The molecule has 0 saturated carbocycles. The number of nitrogens with zero attached hydrogens (tertiary/aromatic N) is 1. The van der Waals surface area contributed by atoms with Gasteiger partial charge >= 0.3 is 12.0 Å². The fourth-order valence-corrected chi connectivity index (χ4v) is 3.93. The van der Waals surface area contributed by atoms with E-state index in [9.17, 15) is 9.59 Å². The van der Waals surface area contributed by atoms with Gasteiger partial charge in [0.2, 0.25) is 0 Å². The Morgan fingerprint density at radius 2 is 1.73 bits per heavy atom. The largest absolute Gasteiger partial charge is 0.465 e. The first-order chi connectivity index (χ1) is 14.6. The van der Waals surface area contributed by atoms with Crippen molar-refractivity contribution >= 4 is 36.2 Å². The second-order valence-electron chi connectivity index (χ2n) is 7.54. The van der Waals surface area contributed by atoms with E-state index in [2.05, 4.69) is 34.7 Å². The molecule has 2 aromatic rings. The van der Waals surface area contributed by atoms with Gasteiger partial charge < -0.3 is 15.0 Å². The predicted molar refractivity (Wildman–Crippen MR) is 123 cm³/mol. The molecule has 0 unspecified atom stereocenters. The van der Waals surface area contributed by atoms with Crippen molar-refractivity contribution in [3.8, 4) is 0 Å². The number of thiol groups is 1. The van der Waals surface area contributed by atoms with Crippen LogP contribution < -0.4 is 14.9 Å². The number of hydrogen-bond acceptors (Lipinski definition) is 5. The Morgan fingerprint density at radius 1 is 1.07 bits per heavy atom. The van der Waals surface area contributed by atoms with Crippen molar-refractivity contribution in [3.05, 3.63) is 60.2 Å². The van der Waals surface area contributed by atoms with Crippen LogP contribution in [-0.4, -0.2) is 31.7 Å². The lowest BCUT2D eigenvalue weighted by atomic mass is 9.72. The van der Waals surface area contributed by atoms with Crippen LogP contribution in [0.25, 0.3) is 0 Å². The van der Waals surface area contributed by atoms with Crippen LogP contribution in [0.5, 0.6) is 0 Å². The summed E-state index contributed by atoms with van der Waals surface area (Å²) in [6.45, 7) is 4.07. The molecule has 1 aliphatic heterocycles. The normalized spacial score (nSPS) is 15.3. The van der Waals surface area contributed by atoms with Crippen LogP contribution in [0.2, 0.25) is 0 Å². The number of ether oxygens (including phenoxy) is 1. The number of benzene rings is 2. The number of anilines is 2. The number of unbranched alkanes of at least 4 members (excludes halogenated alkanes) is 1. The lowest BCUT2D eigenvalue weighted by Gasteiger charge is -2.41. The Hall–Kier alpha value is -2.67. The Kier molecular flexibility index (Phi) is 7.63. The van der Waals surface area contributed by atoms with E-state index in [4.69, 9.17) is 4.74 Å². The Labute approximate surface area is 183 Å². The number of hydrogen-bond donors (Lipinski definition) is 3. The minimum atomic E-state index is -0.600. The number of rotatable bonds is 7. The van der Waals surface area contributed by atoms with Crippen LogP contribution in [0.4, 0.5) is 16.2 Å². The van der Waals surface area contributed by atoms with Gasteiger partial charge in [-0.15, -0.1) is 0 Å². The molecule has 1 fully saturated rings. The quantitative estimate of drug-likeness (QED) is 0.345. The molecule has 6 nitrogen and oxygen atoms in total. The standard InChI is InChI=1S/C23H29N3O3S/c1-2-3-17-29-21(27)23(18-7-5-4-6-8-18)13-15-26(16-14-23)20-11-9-19(10-12-20)24-22(28)25-30/h4-12,30H,2-3,13-17H2,1H3,(H2,24,25,28). The molecule has 2 amide bonds. The molecule has 7 heteroatoms. The SMILES string of the molecule is CCCCOC(=O)C1(c2ccccc2)CCN(c2ccc(NC(=O)NS)cc2)CC1. The Morgan fingerprint density at radius 3 is 2.33 bits per heavy atom. The lowest BCUT2D eigenvalue weighted by Crippen LogP contribution is -2.48. The topological polar surface area (TPSA) is 70.7 Å². The van der Waals surface area contributed by atoms with Gasteiger partial charge in [-0.2, -0.15) is 0 Å². The highest BCUT2D eigenvalue weighted by Crippen LogP contribution is 2.38. The van der Waals surface area contributed by atoms with Crippen LogP contribution >= 0.6 is 12.8 Å². The minimum Gasteiger partial charge on any atom is -0.465 e. The molecule has 2 N–H and O–H groups in total. The second kappa shape index (κ2) is 10.4. The van der Waals surface area contributed by atoms with Crippen molar-refractivity contribution in [2.45, 2.75) is 38.0 Å². The molecule has 0 bridgehead atoms. The fraction of sp³-hybridized carbons (Fsp3) is 0.391. The van der Waals surface area contributed by atoms with Crippen LogP contribution in [0.3, 0.4) is 0 Å². The summed E-state index contributed by atoms with van der Waals surface area (Å²) in [5.74, 6) is -0.112. The molecular formula is C23H29N3O3S. The summed E-state index contributed by atoms with van der Waals surface area (Å²) < 4.78 is 7.91. The first-order valence-electron chi connectivity index (χ1n) is 10.4. The van der Waals surface area contributed by atoms with Crippen LogP contribution in [0, 0.1) is 0 Å². The van der Waals surface area contributed by atoms with E-state index in [0.717, 1.165) is 37.2 Å². The van der Waals surface area contributed by atoms with E-state index >= 15 is 0 Å². The van der Waals surface area contributed by atoms with Crippen molar-refractivity contribution in [1.82, 2.24) is 4.72 Å². The molecule has 0 radical (unpaired) electrons. The molecular weight excluding hydrogens is 398 g/mol. The van der Waals surface area contributed by atoms with Gasteiger partial charge in [0, 0.05) is 24.5 Å². The average Bonchev–Trinajstić information content (AvgIpc) is 2.80. The molecule has 160 valence electrons. The molecule has 1 aliphatic rings. The van der Waals surface area contributed by atoms with E-state index in [1.54, 1.807) is 0 Å². The summed E-state index contributed by atoms with van der Waals surface area (Å²) in [5.41, 5.74) is 2.19. The highest BCUT2D eigenvalue weighted by molar-refractivity contribution is 7.78. The van der Waals surface area contributed by atoms with E-state index in [-0.39, 0.29) is 12.0 Å². The number of esters is 1. The van der Waals surface area contributed by atoms with Gasteiger partial charge in [0.15, 0.2) is 0 Å². The van der Waals surface area contributed by atoms with Gasteiger partial charge in [-0.1, -0.05) is 56.5 Å². The maximum Gasteiger partial charge on any atom is 0.329 e. The molecule has 0 aromatic heterocycles. The summed E-state index contributed by atoms with van der Waals surface area (Å²) in [7, 11) is 0. The minimum absolute atomic E-state index is 0.112. The summed E-state index contributed by atoms with van der Waals surface area (Å²) in [6, 6.07) is 17.3. The molecule has 2 aromatic carbocycles. The fourth-order valence-electron chi connectivity index (χ4n) is 3.88. The van der Waals surface area contributed by atoms with Crippen LogP contribution in [0.1, 0.15) is 38.2 Å². The number of carbonyl (C=O) groups is 2. The molecule has 1 heterocycles. The predicted octanol–water partition coefficient (Wildman–Crippen LogP) is 4.53. The van der Waals surface area contributed by atoms with Crippen molar-refractivity contribution in [3.63, 3.8) is 0 Å². The second-order valence-corrected chi connectivity index (χ2v) is 7.76. The summed E-state index contributed by atoms with van der Waals surface area (Å²) in [4.78, 5) is 26.8. The van der Waals surface area contributed by atoms with E-state index in [1.807, 2.05) is 54.6 Å². The van der Waals surface area contributed by atoms with Gasteiger partial charge in [0.05, 0.1) is 12.0 Å². The van der Waals surface area contributed by atoms with Crippen molar-refractivity contribution in [1.29, 1.82) is 0 Å². The van der Waals surface area contributed by atoms with Crippen molar-refractivity contribution < 1.29 is 14.3 Å². The lowest BCUT2D eigenvalue weighted by molar-refractivity contribution is -0.151. The average molecular weight is 428 g/mol. The zero-order valence-electron chi connectivity index (χ0n) is 17.3. The number of piperidine rings is 1. The van der Waals surface area contributed by atoms with Gasteiger partial charge in [0.25, 0.3) is 0 Å². The van der Waals surface area contributed by atoms with Crippen LogP contribution in [0.15, 0.2) is 54.6 Å². The third kappa shape index (κ3) is 5.08. The van der Waals surface area contributed by atoms with Crippen LogP contribution in [-0.2, 0) is 14.9 Å². The van der Waals surface area contributed by atoms with Gasteiger partial charge in [0.1, 0.15) is 0 Å². The molecule has 0 atom stereocenters. The summed E-state index contributed by atoms with van der Waals surface area (Å²) in [6.07, 6.45) is 3.28. The smallest absolute Gasteiger partial charge is 0.329 e. The van der Waals surface area contributed by atoms with Gasteiger partial charge in [-0.25, -0.2) is 4.79 Å². The summed E-state index contributed by atoms with van der Waals surface area (Å²) in [5, 5.41) is 2.69. The maximum atomic E-state index is 13.1. The molecule has 30 heavy (non-hydrogen) atoms. The number of carbonyl (C=O) groups excluding carboxylic acids is 2. The molecule has 1 saturated heterocycles. The van der Waals surface area contributed by atoms with Gasteiger partial charge in [-0.3, -0.25) is 9.52 Å². The highest BCUT2D eigenvalue weighted by Gasteiger charge is 2.44. The molecule has 0 aliphatic carbocycles. The monoisotopic (exact) mass is 427 g/mol. The number of urea groups is 1. The summed E-state index contributed by atoms with van der Waals surface area (Å²) >= 11 is 3.73. The Balaban J connectivity index is 1.71. The third-order valence-electron chi connectivity index (χ3n) is 5.66. The maximum absolute atomic E-state index is 13.1. The first-order valence-corrected chi connectivity index (χ1v) is 10.8. The highest BCUT2D eigenvalue weighted by atomic mass is 32.1. The molecule has 3 rings (SSSR count). The third-order valence-corrected chi connectivity index (χ3v) is 5.86. The number of nitrogens with one attached hydrogen (secondary N) is 2. The van der Waals surface area contributed by atoms with E-state index in [1.165, 1.54) is 0 Å². The van der Waals surface area contributed by atoms with Gasteiger partial charge in [-0.05, 0) is 49.1 Å². The van der Waals surface area contributed by atoms with Crippen molar-refractivity contribution in [2.24, 2.45) is 0 Å². The van der Waals surface area contributed by atoms with E-state index < -0.39 is 5.41 Å². The molecule has 0 spiro atoms. The first kappa shape index (κ1) is 22.0. The number of amides is 2. The van der Waals surface area contributed by atoms with Crippen molar-refractivity contribution in [2.75, 3.05) is 29.9 Å². The zero-order valence-corrected chi connectivity index (χ0v) is 18.2.